The molecule has 0 aliphatic carbocycles. The molecule has 0 amide bonds. The molecular formula is C3GdN3. The Kier molecular flexibility index (Phi) is 13200. The summed E-state index contributed by atoms with van der Waals surface area (Å²) in [5.41, 5.74) is 0. The maximum atomic E-state index is 6.25. The maximum absolute atomic E-state index is 6.25. The third kappa shape index (κ3) is 1980. The fourth-order valence-electron chi connectivity index (χ4n) is 0. The predicted molar refractivity (Wildman–Crippen MR) is 14.9 cm³/mol. The summed E-state index contributed by atoms with van der Waals surface area (Å²) >= 11 is 0. The van der Waals surface area contributed by atoms with Crippen LogP contribution in [0.4, 0.5) is 0 Å². The van der Waals surface area contributed by atoms with Gasteiger partial charge in [0.15, 0.2) is 0 Å². The summed E-state index contributed by atoms with van der Waals surface area (Å²) < 4.78 is 0. The minimum absolute atomic E-state index is 0. The van der Waals surface area contributed by atoms with Crippen LogP contribution in [0.2, 0.25) is 0 Å². The van der Waals surface area contributed by atoms with Crippen molar-refractivity contribution in [3.8, 4) is 0 Å². The molecule has 0 aromatic heterocycles. The summed E-state index contributed by atoms with van der Waals surface area (Å²) in [6, 6.07) is 0. The standard InChI is InChI=1S/3CN.Gd/c3*1-2;/q3*-1;+3. The van der Waals surface area contributed by atoms with Crippen LogP contribution >= 0.6 is 0 Å². The Bertz CT molecular complexity index is 38.7. The molecule has 0 spiro atoms. The molecule has 0 aromatic rings. The SMILES string of the molecule is [C-]#N.[C-]#N.[C-]#N.[Gd+3]. The molecule has 0 saturated carbocycles. The van der Waals surface area contributed by atoms with Crippen molar-refractivity contribution < 1.29 is 39.9 Å². The Morgan fingerprint density at radius 3 is 0.571 bits per heavy atom. The van der Waals surface area contributed by atoms with Crippen LogP contribution in [0.5, 0.6) is 0 Å². The maximum Gasteiger partial charge on any atom is 3.00 e. The van der Waals surface area contributed by atoms with Crippen LogP contribution in [-0.4, -0.2) is 0 Å². The summed E-state index contributed by atoms with van der Waals surface area (Å²) in [4.78, 5) is 0. The van der Waals surface area contributed by atoms with E-state index in [-0.39, 0.29) is 39.9 Å². The molecule has 0 unspecified atom stereocenters. The zero-order valence-electron chi connectivity index (χ0n) is 3.20. The van der Waals surface area contributed by atoms with Gasteiger partial charge < -0.3 is 35.5 Å². The third-order valence-electron chi connectivity index (χ3n) is 0. The van der Waals surface area contributed by atoms with Crippen LogP contribution in [0.1, 0.15) is 0 Å². The van der Waals surface area contributed by atoms with Crippen LogP contribution in [0.3, 0.4) is 0 Å². The van der Waals surface area contributed by atoms with Gasteiger partial charge in [-0.15, -0.1) is 0 Å². The summed E-state index contributed by atoms with van der Waals surface area (Å²) in [6.07, 6.45) is 0. The molecular weight excluding hydrogens is 235 g/mol. The smallest absolute Gasteiger partial charge is 0.512 e. The van der Waals surface area contributed by atoms with E-state index in [1.165, 1.54) is 0 Å². The van der Waals surface area contributed by atoms with E-state index in [0.29, 0.717) is 0 Å². The first kappa shape index (κ1) is 29.2. The minimum atomic E-state index is 0. The van der Waals surface area contributed by atoms with Crippen molar-refractivity contribution in [3.63, 3.8) is 0 Å². The molecule has 1 radical (unpaired) electrons. The molecule has 0 N–H and O–H groups in total. The zero-order valence-corrected chi connectivity index (χ0v) is 5.46. The average molecular weight is 235 g/mol. The van der Waals surface area contributed by atoms with Crippen molar-refractivity contribution in [3.05, 3.63) is 19.7 Å². The van der Waals surface area contributed by atoms with Gasteiger partial charge in [-0.3, -0.25) is 0 Å². The van der Waals surface area contributed by atoms with Gasteiger partial charge in [0.05, 0.1) is 0 Å². The number of hydrogen-bond donors (Lipinski definition) is 0. The third-order valence-corrected chi connectivity index (χ3v) is 0. The van der Waals surface area contributed by atoms with Crippen LogP contribution in [0.25, 0.3) is 0 Å². The second-order valence-electron chi connectivity index (χ2n) is 0. The van der Waals surface area contributed by atoms with Gasteiger partial charge in [0.1, 0.15) is 0 Å². The van der Waals surface area contributed by atoms with Crippen molar-refractivity contribution in [1.82, 2.24) is 0 Å². The molecule has 0 saturated heterocycles. The number of hydrogen-bond acceptors (Lipinski definition) is 3. The molecule has 7 heavy (non-hydrogen) atoms. The van der Waals surface area contributed by atoms with Crippen molar-refractivity contribution in [2.75, 3.05) is 0 Å². The molecule has 0 bridgehead atoms. The van der Waals surface area contributed by atoms with Gasteiger partial charge in [-0.1, -0.05) is 0 Å². The average Bonchev–Trinajstić information content (AvgIpc) is 1.81. The molecule has 0 heterocycles. The van der Waals surface area contributed by atoms with Gasteiger partial charge in [-0.25, -0.2) is 0 Å². The van der Waals surface area contributed by atoms with Crippen molar-refractivity contribution >= 4 is 0 Å². The van der Waals surface area contributed by atoms with Gasteiger partial charge in [0, 0.05) is 0 Å². The van der Waals surface area contributed by atoms with E-state index in [0.717, 1.165) is 0 Å². The first-order valence-electron chi connectivity index (χ1n) is 0.671. The summed E-state index contributed by atoms with van der Waals surface area (Å²) in [6.45, 7) is 14.2. The summed E-state index contributed by atoms with van der Waals surface area (Å²) in [5.74, 6) is 0. The summed E-state index contributed by atoms with van der Waals surface area (Å²) in [5, 5.41) is 18.8. The van der Waals surface area contributed by atoms with Gasteiger partial charge >= 0.3 is 39.9 Å². The Hall–Kier alpha value is -0.205. The first-order chi connectivity index (χ1) is 3.00. The van der Waals surface area contributed by atoms with E-state index in [1.807, 2.05) is 0 Å². The van der Waals surface area contributed by atoms with E-state index in [1.54, 1.807) is 0 Å². The fraction of sp³-hybridized carbons (Fsp3) is 0. The van der Waals surface area contributed by atoms with Crippen LogP contribution in [-0.2, 0) is 0 Å². The Morgan fingerprint density at radius 1 is 0.571 bits per heavy atom. The van der Waals surface area contributed by atoms with E-state index in [9.17, 15) is 0 Å². The molecule has 3 nitrogen and oxygen atoms in total. The van der Waals surface area contributed by atoms with Crippen LogP contribution < -0.4 is 0 Å². The molecule has 0 aromatic carbocycles. The van der Waals surface area contributed by atoms with Crippen molar-refractivity contribution in [2.45, 2.75) is 0 Å². The topological polar surface area (TPSA) is 71.4 Å². The van der Waals surface area contributed by atoms with Crippen LogP contribution in [0, 0.1) is 75.4 Å². The van der Waals surface area contributed by atoms with Gasteiger partial charge in [-0.05, 0) is 0 Å². The van der Waals surface area contributed by atoms with Crippen molar-refractivity contribution in [2.24, 2.45) is 0 Å². The van der Waals surface area contributed by atoms with E-state index < -0.39 is 0 Å². The minimum Gasteiger partial charge on any atom is -0.512 e. The number of rotatable bonds is 0. The zero-order chi connectivity index (χ0) is 6.00. The quantitative estimate of drug-likeness (QED) is 0.566. The van der Waals surface area contributed by atoms with Gasteiger partial charge in [0.2, 0.25) is 0 Å². The molecule has 0 aliphatic rings. The van der Waals surface area contributed by atoms with E-state index >= 15 is 0 Å². The Morgan fingerprint density at radius 2 is 0.571 bits per heavy atom. The van der Waals surface area contributed by atoms with Gasteiger partial charge in [0.25, 0.3) is 0 Å². The normalized spacial score (nSPS) is 0.857. The molecule has 4 heteroatoms. The fourth-order valence-corrected chi connectivity index (χ4v) is 0. The largest absolute Gasteiger partial charge is 3.00 e. The van der Waals surface area contributed by atoms with Crippen molar-refractivity contribution in [1.29, 1.82) is 15.8 Å². The monoisotopic (exact) mass is 236 g/mol. The second kappa shape index (κ2) is 3160. The predicted octanol–water partition coefficient (Wildman–Crippen LogP) is 0.289. The number of nitrogens with zero attached hydrogens (tertiary/aromatic N) is 3. The summed E-state index contributed by atoms with van der Waals surface area (Å²) in [7, 11) is 0. The van der Waals surface area contributed by atoms with E-state index in [4.69, 9.17) is 35.5 Å². The van der Waals surface area contributed by atoms with Crippen LogP contribution in [0.15, 0.2) is 0 Å². The molecule has 0 fully saturated rings. The Labute approximate surface area is 74.8 Å². The first-order valence-corrected chi connectivity index (χ1v) is 0.671. The van der Waals surface area contributed by atoms with Gasteiger partial charge in [-0.2, -0.15) is 0 Å². The molecule has 0 rings (SSSR count). The Balaban J connectivity index is -0.00000000900. The van der Waals surface area contributed by atoms with E-state index in [2.05, 4.69) is 0 Å². The second-order valence-corrected chi connectivity index (χ2v) is 0. The molecule has 0 aliphatic heterocycles. The molecule has 0 atom stereocenters. The molecule has 35 valence electrons.